The first-order chi connectivity index (χ1) is 6.97. The predicted octanol–water partition coefficient (Wildman–Crippen LogP) is 1.29. The second-order valence-electron chi connectivity index (χ2n) is 3.03. The zero-order valence-electron chi connectivity index (χ0n) is 7.38. The number of hydrogen-bond acceptors (Lipinski definition) is 2. The number of aromatic nitrogens is 3. The van der Waals surface area contributed by atoms with Crippen LogP contribution in [0.15, 0.2) is 23.4 Å². The summed E-state index contributed by atoms with van der Waals surface area (Å²) in [5.74, 6) is 0. The van der Waals surface area contributed by atoms with E-state index in [2.05, 4.69) is 9.97 Å². The van der Waals surface area contributed by atoms with Crippen LogP contribution in [0.25, 0.3) is 11.0 Å². The highest BCUT2D eigenvalue weighted by Gasteiger charge is 2.28. The van der Waals surface area contributed by atoms with E-state index in [0.717, 1.165) is 10.9 Å². The van der Waals surface area contributed by atoms with Gasteiger partial charge in [-0.25, -0.2) is 4.98 Å². The lowest BCUT2D eigenvalue weighted by Crippen LogP contribution is -2.17. The van der Waals surface area contributed by atoms with Crippen molar-refractivity contribution < 1.29 is 13.2 Å². The van der Waals surface area contributed by atoms with E-state index < -0.39 is 18.3 Å². The van der Waals surface area contributed by atoms with Crippen LogP contribution in [0.5, 0.6) is 0 Å². The third kappa shape index (κ3) is 1.85. The van der Waals surface area contributed by atoms with Crippen molar-refractivity contribution in [3.8, 4) is 0 Å². The van der Waals surface area contributed by atoms with Gasteiger partial charge in [0.2, 0.25) is 0 Å². The molecule has 0 aliphatic carbocycles. The highest BCUT2D eigenvalue weighted by Crippen LogP contribution is 2.19. The van der Waals surface area contributed by atoms with E-state index in [1.165, 1.54) is 12.3 Å². The van der Waals surface area contributed by atoms with Crippen LogP contribution in [-0.4, -0.2) is 20.7 Å². The van der Waals surface area contributed by atoms with Gasteiger partial charge in [0.1, 0.15) is 12.2 Å². The molecule has 0 saturated heterocycles. The number of rotatable bonds is 1. The van der Waals surface area contributed by atoms with Gasteiger partial charge < -0.3 is 9.55 Å². The summed E-state index contributed by atoms with van der Waals surface area (Å²) in [6.45, 7) is -1.15. The van der Waals surface area contributed by atoms with Crippen LogP contribution in [0, 0.1) is 0 Å². The minimum absolute atomic E-state index is 0.0380. The number of aromatic amines is 1. The maximum absolute atomic E-state index is 12.1. The summed E-state index contributed by atoms with van der Waals surface area (Å²) in [7, 11) is 0. The number of halogens is 3. The van der Waals surface area contributed by atoms with Crippen molar-refractivity contribution >= 4 is 11.0 Å². The van der Waals surface area contributed by atoms with E-state index in [4.69, 9.17) is 0 Å². The van der Waals surface area contributed by atoms with Crippen LogP contribution in [0.4, 0.5) is 13.2 Å². The first-order valence-corrected chi connectivity index (χ1v) is 4.07. The fourth-order valence-electron chi connectivity index (χ4n) is 1.34. The minimum atomic E-state index is -4.32. The normalized spacial score (nSPS) is 12.2. The molecule has 2 aromatic heterocycles. The molecule has 2 heterocycles. The molecule has 2 rings (SSSR count). The molecule has 0 fully saturated rings. The lowest BCUT2D eigenvalue weighted by atomic mass is 10.4. The van der Waals surface area contributed by atoms with Gasteiger partial charge in [-0.3, -0.25) is 4.79 Å². The van der Waals surface area contributed by atoms with Gasteiger partial charge in [-0.1, -0.05) is 0 Å². The molecule has 0 saturated carbocycles. The molecule has 15 heavy (non-hydrogen) atoms. The zero-order chi connectivity index (χ0) is 11.1. The Hall–Kier alpha value is -1.79. The van der Waals surface area contributed by atoms with Gasteiger partial charge in [0.25, 0.3) is 5.56 Å². The third-order valence-electron chi connectivity index (χ3n) is 1.91. The molecule has 2 aromatic rings. The van der Waals surface area contributed by atoms with Crippen molar-refractivity contribution in [3.05, 3.63) is 28.9 Å². The lowest BCUT2D eigenvalue weighted by Gasteiger charge is -2.07. The SMILES string of the molecule is O=c1[nH]cnc2c1ccn2CC(F)(F)F. The molecule has 0 unspecified atom stereocenters. The Bertz CT molecular complexity index is 540. The molecule has 0 atom stereocenters. The van der Waals surface area contributed by atoms with Gasteiger partial charge in [-0.05, 0) is 6.07 Å². The Morgan fingerprint density at radius 3 is 2.87 bits per heavy atom. The molecule has 0 bridgehead atoms. The van der Waals surface area contributed by atoms with E-state index in [1.54, 1.807) is 0 Å². The smallest absolute Gasteiger partial charge is 0.323 e. The standard InChI is InChI=1S/C8H6F3N3O/c9-8(10,11)3-14-2-1-5-6(14)12-4-13-7(5)15/h1-2,4H,3H2,(H,12,13,15). The number of alkyl halides is 3. The number of nitrogens with one attached hydrogen (secondary N) is 1. The second kappa shape index (κ2) is 3.11. The molecule has 0 aliphatic rings. The highest BCUT2D eigenvalue weighted by atomic mass is 19.4. The monoisotopic (exact) mass is 217 g/mol. The summed E-state index contributed by atoms with van der Waals surface area (Å²) in [6, 6.07) is 1.31. The Morgan fingerprint density at radius 1 is 1.47 bits per heavy atom. The molecule has 1 N–H and O–H groups in total. The van der Waals surface area contributed by atoms with Crippen molar-refractivity contribution in [2.24, 2.45) is 0 Å². The summed E-state index contributed by atoms with van der Waals surface area (Å²) in [5.41, 5.74) is -0.406. The molecule has 0 amide bonds. The average molecular weight is 217 g/mol. The highest BCUT2D eigenvalue weighted by molar-refractivity contribution is 5.74. The predicted molar refractivity (Wildman–Crippen MR) is 46.4 cm³/mol. The lowest BCUT2D eigenvalue weighted by molar-refractivity contribution is -0.139. The summed E-state index contributed by atoms with van der Waals surface area (Å²) >= 11 is 0. The third-order valence-corrected chi connectivity index (χ3v) is 1.91. The van der Waals surface area contributed by atoms with Crippen molar-refractivity contribution in [2.75, 3.05) is 0 Å². The topological polar surface area (TPSA) is 50.7 Å². The molecular formula is C8H6F3N3O. The molecule has 0 radical (unpaired) electrons. The van der Waals surface area contributed by atoms with Crippen LogP contribution in [0.2, 0.25) is 0 Å². The van der Waals surface area contributed by atoms with Crippen molar-refractivity contribution in [3.63, 3.8) is 0 Å². The molecule has 7 heteroatoms. The molecule has 4 nitrogen and oxygen atoms in total. The maximum atomic E-state index is 12.1. The van der Waals surface area contributed by atoms with E-state index >= 15 is 0 Å². The summed E-state index contributed by atoms with van der Waals surface area (Å²) in [5, 5.41) is 0.154. The number of nitrogens with zero attached hydrogens (tertiary/aromatic N) is 2. The second-order valence-corrected chi connectivity index (χ2v) is 3.03. The van der Waals surface area contributed by atoms with Gasteiger partial charge in [0.05, 0.1) is 11.7 Å². The largest absolute Gasteiger partial charge is 0.406 e. The Labute approximate surface area is 81.4 Å². The maximum Gasteiger partial charge on any atom is 0.406 e. The fourth-order valence-corrected chi connectivity index (χ4v) is 1.34. The quantitative estimate of drug-likeness (QED) is 0.782. The fraction of sp³-hybridized carbons (Fsp3) is 0.250. The van der Waals surface area contributed by atoms with Gasteiger partial charge in [-0.2, -0.15) is 13.2 Å². The van der Waals surface area contributed by atoms with Gasteiger partial charge in [-0.15, -0.1) is 0 Å². The summed E-state index contributed by atoms with van der Waals surface area (Å²) in [4.78, 5) is 17.2. The first kappa shape index (κ1) is 9.75. The molecule has 80 valence electrons. The number of hydrogen-bond donors (Lipinski definition) is 1. The van der Waals surface area contributed by atoms with Gasteiger partial charge in [0.15, 0.2) is 0 Å². The Morgan fingerprint density at radius 2 is 2.20 bits per heavy atom. The Kier molecular flexibility index (Phi) is 2.02. The molecule has 0 aromatic carbocycles. The van der Waals surface area contributed by atoms with Crippen LogP contribution in [0.1, 0.15) is 0 Å². The van der Waals surface area contributed by atoms with Crippen molar-refractivity contribution in [2.45, 2.75) is 12.7 Å². The first-order valence-electron chi connectivity index (χ1n) is 4.07. The zero-order valence-corrected chi connectivity index (χ0v) is 7.38. The average Bonchev–Trinajstić information content (AvgIpc) is 2.48. The van der Waals surface area contributed by atoms with Crippen LogP contribution in [-0.2, 0) is 6.54 Å². The summed E-state index contributed by atoms with van der Waals surface area (Å²) in [6.07, 6.45) is -2.05. The molecule has 0 spiro atoms. The van der Waals surface area contributed by atoms with Gasteiger partial charge >= 0.3 is 6.18 Å². The van der Waals surface area contributed by atoms with Crippen LogP contribution >= 0.6 is 0 Å². The van der Waals surface area contributed by atoms with Crippen molar-refractivity contribution in [1.29, 1.82) is 0 Å². The van der Waals surface area contributed by atoms with E-state index in [1.807, 2.05) is 0 Å². The summed E-state index contributed by atoms with van der Waals surface area (Å²) < 4.78 is 37.2. The molecule has 0 aliphatic heterocycles. The van der Waals surface area contributed by atoms with Crippen molar-refractivity contribution in [1.82, 2.24) is 14.5 Å². The minimum Gasteiger partial charge on any atom is -0.323 e. The van der Waals surface area contributed by atoms with E-state index in [-0.39, 0.29) is 11.0 Å². The van der Waals surface area contributed by atoms with Crippen LogP contribution < -0.4 is 5.56 Å². The van der Waals surface area contributed by atoms with Gasteiger partial charge in [0, 0.05) is 6.20 Å². The Balaban J connectivity index is 2.55. The molecular weight excluding hydrogens is 211 g/mol. The van der Waals surface area contributed by atoms with E-state index in [9.17, 15) is 18.0 Å². The van der Waals surface area contributed by atoms with Crippen LogP contribution in [0.3, 0.4) is 0 Å². The number of H-pyrrole nitrogens is 1. The number of fused-ring (bicyclic) bond motifs is 1. The van der Waals surface area contributed by atoms with E-state index in [0.29, 0.717) is 0 Å².